The van der Waals surface area contributed by atoms with E-state index in [9.17, 15) is 9.18 Å². The van der Waals surface area contributed by atoms with Crippen LogP contribution in [0.25, 0.3) is 0 Å². The van der Waals surface area contributed by atoms with Crippen LogP contribution in [0.1, 0.15) is 38.5 Å². The number of nitrogens with zero attached hydrogens (tertiary/aromatic N) is 2. The molecule has 25 heavy (non-hydrogen) atoms. The molecule has 2 fully saturated rings. The number of hydrogen-bond acceptors (Lipinski definition) is 2. The molecule has 2 aliphatic heterocycles. The van der Waals surface area contributed by atoms with Gasteiger partial charge < -0.3 is 15.1 Å². The molecule has 2 heterocycles. The third kappa shape index (κ3) is 5.32. The van der Waals surface area contributed by atoms with Crippen molar-refractivity contribution >= 4 is 23.3 Å². The number of carbonyl (C=O) groups is 1. The molecule has 0 spiro atoms. The minimum Gasteiger partial charge on any atom is -0.325 e. The first-order chi connectivity index (χ1) is 12.1. The second-order valence-electron chi connectivity index (χ2n) is 7.20. The third-order valence-electron chi connectivity index (χ3n) is 5.29. The van der Waals surface area contributed by atoms with Gasteiger partial charge in [0.15, 0.2) is 0 Å². The molecule has 0 aliphatic carbocycles. The maximum Gasteiger partial charge on any atom is 0.321 e. The molecule has 1 aromatic rings. The van der Waals surface area contributed by atoms with Gasteiger partial charge in [0, 0.05) is 25.3 Å². The monoisotopic (exact) mass is 367 g/mol. The third-order valence-corrected chi connectivity index (χ3v) is 5.58. The standard InChI is InChI=1S/C19H27ClFN3O/c20-17-13-16(5-6-18(17)21)22-19(25)24-11-7-15(8-12-24)14-23-9-3-1-2-4-10-23/h5-6,13,15H,1-4,7-12,14H2,(H,22,25). The number of piperidine rings is 1. The van der Waals surface area contributed by atoms with E-state index >= 15 is 0 Å². The zero-order valence-corrected chi connectivity index (χ0v) is 15.4. The van der Waals surface area contributed by atoms with Crippen LogP contribution in [0.2, 0.25) is 5.02 Å². The van der Waals surface area contributed by atoms with Crippen LogP contribution in [-0.4, -0.2) is 48.6 Å². The van der Waals surface area contributed by atoms with Crippen molar-refractivity contribution in [2.45, 2.75) is 38.5 Å². The molecule has 2 saturated heterocycles. The van der Waals surface area contributed by atoms with Crippen molar-refractivity contribution in [3.05, 3.63) is 29.0 Å². The predicted molar refractivity (Wildman–Crippen MR) is 99.6 cm³/mol. The molecule has 0 bridgehead atoms. The molecular weight excluding hydrogens is 341 g/mol. The zero-order valence-electron chi connectivity index (χ0n) is 14.6. The topological polar surface area (TPSA) is 35.6 Å². The number of urea groups is 1. The highest BCUT2D eigenvalue weighted by molar-refractivity contribution is 6.31. The predicted octanol–water partition coefficient (Wildman–Crippen LogP) is 4.60. The number of nitrogens with one attached hydrogen (secondary N) is 1. The van der Waals surface area contributed by atoms with Gasteiger partial charge in [-0.15, -0.1) is 0 Å². The van der Waals surface area contributed by atoms with Crippen LogP contribution < -0.4 is 5.32 Å². The van der Waals surface area contributed by atoms with Gasteiger partial charge in [0.1, 0.15) is 5.82 Å². The van der Waals surface area contributed by atoms with Crippen LogP contribution in [0.5, 0.6) is 0 Å². The average Bonchev–Trinajstić information content (AvgIpc) is 2.87. The van der Waals surface area contributed by atoms with Gasteiger partial charge in [-0.05, 0) is 62.9 Å². The highest BCUT2D eigenvalue weighted by Crippen LogP contribution is 2.23. The molecule has 138 valence electrons. The molecule has 2 aliphatic rings. The highest BCUT2D eigenvalue weighted by atomic mass is 35.5. The highest BCUT2D eigenvalue weighted by Gasteiger charge is 2.24. The summed E-state index contributed by atoms with van der Waals surface area (Å²) in [7, 11) is 0. The van der Waals surface area contributed by atoms with Crippen LogP contribution in [0.3, 0.4) is 0 Å². The number of carbonyl (C=O) groups excluding carboxylic acids is 1. The van der Waals surface area contributed by atoms with Gasteiger partial charge in [-0.2, -0.15) is 0 Å². The van der Waals surface area contributed by atoms with E-state index in [-0.39, 0.29) is 11.1 Å². The Hall–Kier alpha value is -1.33. The molecule has 6 heteroatoms. The van der Waals surface area contributed by atoms with E-state index in [4.69, 9.17) is 11.6 Å². The summed E-state index contributed by atoms with van der Waals surface area (Å²) in [5.74, 6) is 0.205. The largest absolute Gasteiger partial charge is 0.325 e. The molecule has 0 saturated carbocycles. The van der Waals surface area contributed by atoms with Crippen molar-refractivity contribution in [2.75, 3.05) is 38.0 Å². The summed E-state index contributed by atoms with van der Waals surface area (Å²) in [6, 6.07) is 4.12. The van der Waals surface area contributed by atoms with Gasteiger partial charge in [0.2, 0.25) is 0 Å². The molecule has 0 aromatic heterocycles. The fourth-order valence-corrected chi connectivity index (χ4v) is 3.96. The molecule has 2 amide bonds. The quantitative estimate of drug-likeness (QED) is 0.847. The summed E-state index contributed by atoms with van der Waals surface area (Å²) in [6.45, 7) is 5.18. The van der Waals surface area contributed by atoms with E-state index in [2.05, 4.69) is 10.2 Å². The number of anilines is 1. The Labute approximate surface area is 154 Å². The molecule has 0 radical (unpaired) electrons. The molecule has 1 aromatic carbocycles. The second-order valence-corrected chi connectivity index (χ2v) is 7.61. The lowest BCUT2D eigenvalue weighted by atomic mass is 9.96. The van der Waals surface area contributed by atoms with Gasteiger partial charge in [-0.3, -0.25) is 0 Å². The molecular formula is C19H27ClFN3O. The van der Waals surface area contributed by atoms with Crippen molar-refractivity contribution < 1.29 is 9.18 Å². The number of halogens is 2. The average molecular weight is 368 g/mol. The van der Waals surface area contributed by atoms with Crippen molar-refractivity contribution in [3.8, 4) is 0 Å². The molecule has 4 nitrogen and oxygen atoms in total. The second kappa shape index (κ2) is 8.86. The van der Waals surface area contributed by atoms with E-state index in [0.29, 0.717) is 11.6 Å². The van der Waals surface area contributed by atoms with Crippen LogP contribution in [0, 0.1) is 11.7 Å². The number of benzene rings is 1. The van der Waals surface area contributed by atoms with Crippen LogP contribution >= 0.6 is 11.6 Å². The van der Waals surface area contributed by atoms with E-state index < -0.39 is 5.82 Å². The molecule has 0 atom stereocenters. The summed E-state index contributed by atoms with van der Waals surface area (Å²) >= 11 is 5.76. The number of hydrogen-bond donors (Lipinski definition) is 1. The minimum atomic E-state index is -0.478. The van der Waals surface area contributed by atoms with Crippen LogP contribution in [0.4, 0.5) is 14.9 Å². The minimum absolute atomic E-state index is 0.0222. The number of amides is 2. The smallest absolute Gasteiger partial charge is 0.321 e. The lowest BCUT2D eigenvalue weighted by Gasteiger charge is -2.34. The maximum absolute atomic E-state index is 13.2. The molecule has 0 unspecified atom stereocenters. The van der Waals surface area contributed by atoms with E-state index in [1.165, 1.54) is 63.5 Å². The molecule has 3 rings (SSSR count). The van der Waals surface area contributed by atoms with Gasteiger partial charge in [0.25, 0.3) is 0 Å². The summed E-state index contributed by atoms with van der Waals surface area (Å²) < 4.78 is 13.2. The zero-order chi connectivity index (χ0) is 17.6. The number of rotatable bonds is 3. The lowest BCUT2D eigenvalue weighted by molar-refractivity contribution is 0.155. The summed E-state index contributed by atoms with van der Waals surface area (Å²) in [4.78, 5) is 16.8. The van der Waals surface area contributed by atoms with Crippen molar-refractivity contribution in [1.29, 1.82) is 0 Å². The van der Waals surface area contributed by atoms with E-state index in [0.717, 1.165) is 25.9 Å². The van der Waals surface area contributed by atoms with Crippen molar-refractivity contribution in [2.24, 2.45) is 5.92 Å². The van der Waals surface area contributed by atoms with Gasteiger partial charge >= 0.3 is 6.03 Å². The Bertz CT molecular complexity index is 582. The normalized spacial score (nSPS) is 20.3. The Kier molecular flexibility index (Phi) is 6.54. The van der Waals surface area contributed by atoms with Gasteiger partial charge in [0.05, 0.1) is 5.02 Å². The van der Waals surface area contributed by atoms with Gasteiger partial charge in [-0.25, -0.2) is 9.18 Å². The summed E-state index contributed by atoms with van der Waals surface area (Å²) in [5, 5.41) is 2.83. The SMILES string of the molecule is O=C(Nc1ccc(F)c(Cl)c1)N1CCC(CN2CCCCCC2)CC1. The summed E-state index contributed by atoms with van der Waals surface area (Å²) in [5.41, 5.74) is 0.531. The lowest BCUT2D eigenvalue weighted by Crippen LogP contribution is -2.43. The Morgan fingerprint density at radius 1 is 1.12 bits per heavy atom. The first kappa shape index (κ1) is 18.5. The fourth-order valence-electron chi connectivity index (χ4n) is 3.78. The van der Waals surface area contributed by atoms with Gasteiger partial charge in [-0.1, -0.05) is 24.4 Å². The fraction of sp³-hybridized carbons (Fsp3) is 0.632. The van der Waals surface area contributed by atoms with Crippen molar-refractivity contribution in [3.63, 3.8) is 0 Å². The van der Waals surface area contributed by atoms with Crippen LogP contribution in [0.15, 0.2) is 18.2 Å². The first-order valence-electron chi connectivity index (χ1n) is 9.35. The Morgan fingerprint density at radius 2 is 1.80 bits per heavy atom. The molecule has 1 N–H and O–H groups in total. The Balaban J connectivity index is 1.44. The van der Waals surface area contributed by atoms with E-state index in [1.54, 1.807) is 0 Å². The Morgan fingerprint density at radius 3 is 2.44 bits per heavy atom. The number of likely N-dealkylation sites (tertiary alicyclic amines) is 2. The summed E-state index contributed by atoms with van der Waals surface area (Å²) in [6.07, 6.45) is 7.47. The maximum atomic E-state index is 13.2. The van der Waals surface area contributed by atoms with Crippen LogP contribution in [-0.2, 0) is 0 Å². The van der Waals surface area contributed by atoms with Crippen molar-refractivity contribution in [1.82, 2.24) is 9.80 Å². The van der Waals surface area contributed by atoms with E-state index in [1.807, 2.05) is 4.90 Å². The first-order valence-corrected chi connectivity index (χ1v) is 9.73.